The fraction of sp³-hybridized carbons (Fsp3) is 0.0833. The van der Waals surface area contributed by atoms with Gasteiger partial charge in [-0.2, -0.15) is 0 Å². The third kappa shape index (κ3) is 2.76. The Kier molecular flexibility index (Phi) is 3.28. The molecule has 0 bridgehead atoms. The lowest BCUT2D eigenvalue weighted by atomic mass is 10.2. The molecule has 2 rings (SSSR count). The number of anilines is 1. The number of carboxylic acid groups (broad SMARTS) is 1. The number of hydrogen-bond acceptors (Lipinski definition) is 4. The predicted octanol–water partition coefficient (Wildman–Crippen LogP) is 0.785. The van der Waals surface area contributed by atoms with Gasteiger partial charge in [-0.25, -0.2) is 9.37 Å². The van der Waals surface area contributed by atoms with Crippen LogP contribution in [-0.4, -0.2) is 21.0 Å². The quantitative estimate of drug-likeness (QED) is 0.758. The van der Waals surface area contributed by atoms with Gasteiger partial charge in [-0.1, -0.05) is 0 Å². The maximum absolute atomic E-state index is 12.8. The molecule has 4 N–H and O–H groups in total. The number of nitrogen functional groups attached to an aromatic ring is 1. The van der Waals surface area contributed by atoms with E-state index in [2.05, 4.69) is 9.97 Å². The first-order valence-electron chi connectivity index (χ1n) is 5.34. The first-order chi connectivity index (χ1) is 8.97. The van der Waals surface area contributed by atoms with Crippen molar-refractivity contribution in [3.63, 3.8) is 0 Å². The molecule has 0 saturated carbocycles. The van der Waals surface area contributed by atoms with Gasteiger partial charge in [-0.05, 0) is 24.3 Å². The molecule has 0 aliphatic heterocycles. The molecule has 7 heteroatoms. The summed E-state index contributed by atoms with van der Waals surface area (Å²) in [6, 6.07) is 5.31. The van der Waals surface area contributed by atoms with E-state index in [1.807, 2.05) is 0 Å². The van der Waals surface area contributed by atoms with Crippen molar-refractivity contribution in [3.05, 3.63) is 46.0 Å². The molecule has 1 aromatic heterocycles. The Morgan fingerprint density at radius 2 is 2.00 bits per heavy atom. The zero-order valence-electron chi connectivity index (χ0n) is 9.68. The average Bonchev–Trinajstić information content (AvgIpc) is 2.34. The number of benzene rings is 1. The monoisotopic (exact) mass is 263 g/mol. The van der Waals surface area contributed by atoms with Crippen molar-refractivity contribution in [2.24, 2.45) is 0 Å². The van der Waals surface area contributed by atoms with Crippen LogP contribution < -0.4 is 11.3 Å². The van der Waals surface area contributed by atoms with Crippen molar-refractivity contribution in [2.45, 2.75) is 6.42 Å². The average molecular weight is 263 g/mol. The molecule has 0 aliphatic rings. The van der Waals surface area contributed by atoms with Crippen molar-refractivity contribution in [2.75, 3.05) is 5.73 Å². The van der Waals surface area contributed by atoms with Gasteiger partial charge in [0.05, 0.1) is 12.0 Å². The zero-order chi connectivity index (χ0) is 14.0. The van der Waals surface area contributed by atoms with E-state index in [-0.39, 0.29) is 17.2 Å². The number of halogens is 1. The number of carbonyl (C=O) groups is 1. The Morgan fingerprint density at radius 3 is 2.53 bits per heavy atom. The van der Waals surface area contributed by atoms with E-state index in [0.29, 0.717) is 5.56 Å². The van der Waals surface area contributed by atoms with Gasteiger partial charge in [0.1, 0.15) is 17.5 Å². The number of carboxylic acids is 1. The van der Waals surface area contributed by atoms with Crippen LogP contribution in [0.4, 0.5) is 10.2 Å². The third-order valence-electron chi connectivity index (χ3n) is 2.49. The molecule has 98 valence electrons. The summed E-state index contributed by atoms with van der Waals surface area (Å²) in [5, 5.41) is 8.65. The second kappa shape index (κ2) is 4.89. The lowest BCUT2D eigenvalue weighted by molar-refractivity contribution is -0.136. The summed E-state index contributed by atoms with van der Waals surface area (Å²) >= 11 is 0. The van der Waals surface area contributed by atoms with Gasteiger partial charge >= 0.3 is 5.97 Å². The fourth-order valence-corrected chi connectivity index (χ4v) is 1.58. The van der Waals surface area contributed by atoms with Gasteiger partial charge in [0, 0.05) is 5.56 Å². The standard InChI is InChI=1S/C12H10FN3O3/c13-7-3-1-6(2-4-7)11-15-10(14)8(5-9(17)18)12(19)16-11/h1-4H,5H2,(H,17,18)(H3,14,15,16,19). The second-order valence-corrected chi connectivity index (χ2v) is 3.86. The Balaban J connectivity index is 2.48. The molecule has 0 atom stereocenters. The molecule has 19 heavy (non-hydrogen) atoms. The van der Waals surface area contributed by atoms with Crippen LogP contribution in [0.15, 0.2) is 29.1 Å². The highest BCUT2D eigenvalue weighted by Gasteiger charge is 2.13. The summed E-state index contributed by atoms with van der Waals surface area (Å²) in [5.41, 5.74) is 5.33. The number of H-pyrrole nitrogens is 1. The van der Waals surface area contributed by atoms with Crippen LogP contribution >= 0.6 is 0 Å². The van der Waals surface area contributed by atoms with Crippen LogP contribution in [0.2, 0.25) is 0 Å². The largest absolute Gasteiger partial charge is 0.481 e. The highest BCUT2D eigenvalue weighted by Crippen LogP contribution is 2.16. The molecule has 0 fully saturated rings. The second-order valence-electron chi connectivity index (χ2n) is 3.86. The van der Waals surface area contributed by atoms with Gasteiger partial charge in [0.15, 0.2) is 0 Å². The molecule has 0 amide bonds. The summed E-state index contributed by atoms with van der Waals surface area (Å²) in [6.07, 6.45) is -0.502. The minimum absolute atomic E-state index is 0.0987. The lowest BCUT2D eigenvalue weighted by Crippen LogP contribution is -2.21. The van der Waals surface area contributed by atoms with E-state index < -0.39 is 23.8 Å². The van der Waals surface area contributed by atoms with Crippen LogP contribution in [0.1, 0.15) is 5.56 Å². The minimum Gasteiger partial charge on any atom is -0.481 e. The van der Waals surface area contributed by atoms with Crippen LogP contribution in [0.25, 0.3) is 11.4 Å². The number of aromatic amines is 1. The molecule has 0 aliphatic carbocycles. The zero-order valence-corrected chi connectivity index (χ0v) is 9.68. The molecule has 0 saturated heterocycles. The summed E-state index contributed by atoms with van der Waals surface area (Å²) < 4.78 is 12.8. The van der Waals surface area contributed by atoms with Crippen molar-refractivity contribution in [3.8, 4) is 11.4 Å². The smallest absolute Gasteiger partial charge is 0.308 e. The van der Waals surface area contributed by atoms with Gasteiger partial charge in [-0.15, -0.1) is 0 Å². The molecule has 1 aromatic carbocycles. The van der Waals surface area contributed by atoms with Crippen LogP contribution in [0, 0.1) is 5.82 Å². The third-order valence-corrected chi connectivity index (χ3v) is 2.49. The number of nitrogens with zero attached hydrogens (tertiary/aromatic N) is 1. The number of hydrogen-bond donors (Lipinski definition) is 3. The summed E-state index contributed by atoms with van der Waals surface area (Å²) in [6.45, 7) is 0. The normalized spacial score (nSPS) is 10.4. The molecular weight excluding hydrogens is 253 g/mol. The van der Waals surface area contributed by atoms with Crippen molar-refractivity contribution >= 4 is 11.8 Å². The molecule has 6 nitrogen and oxygen atoms in total. The van der Waals surface area contributed by atoms with E-state index in [1.54, 1.807) is 0 Å². The number of aromatic nitrogens is 2. The number of rotatable bonds is 3. The number of nitrogens with one attached hydrogen (secondary N) is 1. The molecule has 0 radical (unpaired) electrons. The fourth-order valence-electron chi connectivity index (χ4n) is 1.58. The Morgan fingerprint density at radius 1 is 1.37 bits per heavy atom. The van der Waals surface area contributed by atoms with Crippen molar-refractivity contribution in [1.82, 2.24) is 9.97 Å². The summed E-state index contributed by atoms with van der Waals surface area (Å²) in [7, 11) is 0. The van der Waals surface area contributed by atoms with Crippen molar-refractivity contribution < 1.29 is 14.3 Å². The van der Waals surface area contributed by atoms with Gasteiger partial charge in [0.2, 0.25) is 0 Å². The Labute approximate surface area is 106 Å². The molecule has 1 heterocycles. The van der Waals surface area contributed by atoms with Crippen LogP contribution in [0.5, 0.6) is 0 Å². The minimum atomic E-state index is -1.17. The molecule has 0 unspecified atom stereocenters. The Hall–Kier alpha value is -2.70. The van der Waals surface area contributed by atoms with E-state index in [0.717, 1.165) is 0 Å². The highest BCUT2D eigenvalue weighted by atomic mass is 19.1. The lowest BCUT2D eigenvalue weighted by Gasteiger charge is -2.05. The molecular formula is C12H10FN3O3. The van der Waals surface area contributed by atoms with Gasteiger partial charge in [0.25, 0.3) is 5.56 Å². The van der Waals surface area contributed by atoms with Gasteiger partial charge < -0.3 is 15.8 Å². The first-order valence-corrected chi connectivity index (χ1v) is 5.34. The number of nitrogens with two attached hydrogens (primary N) is 1. The van der Waals surface area contributed by atoms with Crippen LogP contribution in [0.3, 0.4) is 0 Å². The van der Waals surface area contributed by atoms with E-state index in [1.165, 1.54) is 24.3 Å². The molecule has 0 spiro atoms. The predicted molar refractivity (Wildman–Crippen MR) is 66.0 cm³/mol. The van der Waals surface area contributed by atoms with Gasteiger partial charge in [-0.3, -0.25) is 9.59 Å². The SMILES string of the molecule is Nc1nc(-c2ccc(F)cc2)[nH]c(=O)c1CC(=O)O. The summed E-state index contributed by atoms with van der Waals surface area (Å²) in [5.74, 6) is -1.57. The van der Waals surface area contributed by atoms with E-state index >= 15 is 0 Å². The van der Waals surface area contributed by atoms with E-state index in [4.69, 9.17) is 10.8 Å². The summed E-state index contributed by atoms with van der Waals surface area (Å²) in [4.78, 5) is 28.7. The van der Waals surface area contributed by atoms with E-state index in [9.17, 15) is 14.0 Å². The first kappa shape index (κ1) is 12.7. The van der Waals surface area contributed by atoms with Crippen LogP contribution in [-0.2, 0) is 11.2 Å². The maximum atomic E-state index is 12.8. The Bertz CT molecular complexity index is 680. The highest BCUT2D eigenvalue weighted by molar-refractivity contribution is 5.72. The maximum Gasteiger partial charge on any atom is 0.308 e. The molecule has 2 aromatic rings. The topological polar surface area (TPSA) is 109 Å². The number of aliphatic carboxylic acids is 1. The van der Waals surface area contributed by atoms with Crippen molar-refractivity contribution in [1.29, 1.82) is 0 Å².